The maximum atomic E-state index is 11.5. The van der Waals surface area contributed by atoms with Crippen LogP contribution in [0.1, 0.15) is 43.9 Å². The second-order valence-electron chi connectivity index (χ2n) is 11.9. The van der Waals surface area contributed by atoms with Crippen molar-refractivity contribution >= 4 is 33.6 Å². The predicted octanol–water partition coefficient (Wildman–Crippen LogP) is 8.37. The lowest BCUT2D eigenvalue weighted by Crippen LogP contribution is -2.26. The van der Waals surface area contributed by atoms with Gasteiger partial charge in [0.2, 0.25) is 0 Å². The molecule has 0 aromatic heterocycles. The minimum atomic E-state index is -0.769. The molecule has 0 saturated heterocycles. The number of carbonyl (C=O) groups is 1. The number of carboxylic acids is 1. The standard InChI is InChI=1S/C36H34O2/c1-22-7-5-6-8-29(22)30-16-12-24(19-25(30)14-18-33(37)38)31-15-11-23-9-10-26-20-28(36(2,3)4)21-27-13-17-32(31)35(23)34(26)27/h5-13,15-17,19,21,28H,14,18,20H2,1-4H3,(H,37,38). The molecule has 5 aromatic carbocycles. The Morgan fingerprint density at radius 3 is 2.39 bits per heavy atom. The van der Waals surface area contributed by atoms with E-state index in [0.29, 0.717) is 12.3 Å². The summed E-state index contributed by atoms with van der Waals surface area (Å²) in [6.07, 6.45) is 4.17. The van der Waals surface area contributed by atoms with Crippen molar-refractivity contribution in [3.63, 3.8) is 0 Å². The third-order valence-corrected chi connectivity index (χ3v) is 8.42. The molecule has 0 fully saturated rings. The third-order valence-electron chi connectivity index (χ3n) is 8.42. The highest BCUT2D eigenvalue weighted by atomic mass is 16.4. The zero-order valence-corrected chi connectivity index (χ0v) is 22.6. The van der Waals surface area contributed by atoms with Gasteiger partial charge in [0.05, 0.1) is 0 Å². The summed E-state index contributed by atoms with van der Waals surface area (Å²) in [6.45, 7) is 9.11. The van der Waals surface area contributed by atoms with Crippen molar-refractivity contribution in [2.75, 3.05) is 0 Å². The van der Waals surface area contributed by atoms with Crippen molar-refractivity contribution in [3.8, 4) is 22.3 Å². The number of hydrogen-bond acceptors (Lipinski definition) is 1. The summed E-state index contributed by atoms with van der Waals surface area (Å²) in [6, 6.07) is 28.6. The Morgan fingerprint density at radius 1 is 0.868 bits per heavy atom. The van der Waals surface area contributed by atoms with E-state index in [9.17, 15) is 9.90 Å². The van der Waals surface area contributed by atoms with Crippen molar-refractivity contribution in [3.05, 3.63) is 101 Å². The van der Waals surface area contributed by atoms with Crippen molar-refractivity contribution in [1.29, 1.82) is 0 Å². The Hall–Kier alpha value is -3.91. The van der Waals surface area contributed by atoms with E-state index >= 15 is 0 Å². The molecular formula is C36H34O2. The van der Waals surface area contributed by atoms with Crippen LogP contribution in [0.15, 0.2) is 78.9 Å². The molecule has 0 amide bonds. The molecule has 1 N–H and O–H groups in total. The monoisotopic (exact) mass is 498 g/mol. The number of benzene rings is 5. The van der Waals surface area contributed by atoms with Gasteiger partial charge in [0, 0.05) is 6.42 Å². The molecule has 0 spiro atoms. The summed E-state index contributed by atoms with van der Waals surface area (Å²) in [5.74, 6) is -0.253. The van der Waals surface area contributed by atoms with Crippen LogP contribution >= 0.6 is 0 Å². The van der Waals surface area contributed by atoms with Gasteiger partial charge in [-0.1, -0.05) is 106 Å². The zero-order valence-electron chi connectivity index (χ0n) is 22.6. The molecule has 2 heteroatoms. The van der Waals surface area contributed by atoms with Gasteiger partial charge in [0.15, 0.2) is 0 Å². The second-order valence-corrected chi connectivity index (χ2v) is 11.9. The van der Waals surface area contributed by atoms with Crippen molar-refractivity contribution in [1.82, 2.24) is 0 Å². The molecule has 38 heavy (non-hydrogen) atoms. The fourth-order valence-corrected chi connectivity index (χ4v) is 6.22. The lowest BCUT2D eigenvalue weighted by molar-refractivity contribution is -0.136. The smallest absolute Gasteiger partial charge is 0.303 e. The normalized spacial score (nSPS) is 15.1. The molecule has 0 radical (unpaired) electrons. The number of aryl methyl sites for hydroxylation is 2. The average molecular weight is 499 g/mol. The first-order chi connectivity index (χ1) is 18.2. The largest absolute Gasteiger partial charge is 0.481 e. The number of rotatable bonds is 5. The van der Waals surface area contributed by atoms with E-state index in [4.69, 9.17) is 0 Å². The van der Waals surface area contributed by atoms with Crippen LogP contribution in [0.4, 0.5) is 0 Å². The molecule has 1 aliphatic rings. The molecule has 0 saturated carbocycles. The minimum absolute atomic E-state index is 0.115. The Balaban J connectivity index is 1.55. The van der Waals surface area contributed by atoms with Gasteiger partial charge >= 0.3 is 5.97 Å². The van der Waals surface area contributed by atoms with Gasteiger partial charge in [-0.15, -0.1) is 0 Å². The highest BCUT2D eigenvalue weighted by Crippen LogP contribution is 2.40. The van der Waals surface area contributed by atoms with Gasteiger partial charge in [-0.25, -0.2) is 0 Å². The fourth-order valence-electron chi connectivity index (χ4n) is 6.22. The Kier molecular flexibility index (Phi) is 5.87. The number of carboxylic acid groups (broad SMARTS) is 1. The van der Waals surface area contributed by atoms with E-state index in [2.05, 4.69) is 101 Å². The van der Waals surface area contributed by atoms with Crippen LogP contribution in [0.2, 0.25) is 0 Å². The molecule has 1 unspecified atom stereocenters. The van der Waals surface area contributed by atoms with Crippen LogP contribution in [0.25, 0.3) is 49.9 Å². The number of aliphatic carboxylic acids is 1. The van der Waals surface area contributed by atoms with E-state index in [1.165, 1.54) is 43.5 Å². The van der Waals surface area contributed by atoms with Gasteiger partial charge in [-0.3, -0.25) is 4.79 Å². The third kappa shape index (κ3) is 4.19. The first-order valence-corrected chi connectivity index (χ1v) is 13.6. The van der Waals surface area contributed by atoms with Gasteiger partial charge < -0.3 is 5.11 Å². The molecule has 1 atom stereocenters. The van der Waals surface area contributed by atoms with Gasteiger partial charge in [-0.2, -0.15) is 0 Å². The summed E-state index contributed by atoms with van der Waals surface area (Å²) in [5, 5.41) is 16.1. The van der Waals surface area contributed by atoms with Crippen LogP contribution in [-0.4, -0.2) is 11.1 Å². The Labute approximate surface area is 224 Å². The maximum Gasteiger partial charge on any atom is 0.303 e. The zero-order chi connectivity index (χ0) is 26.6. The van der Waals surface area contributed by atoms with Crippen LogP contribution in [0, 0.1) is 18.3 Å². The molecular weight excluding hydrogens is 464 g/mol. The van der Waals surface area contributed by atoms with Crippen LogP contribution < -0.4 is 5.22 Å². The maximum absolute atomic E-state index is 11.5. The lowest BCUT2D eigenvalue weighted by Gasteiger charge is -2.31. The summed E-state index contributed by atoms with van der Waals surface area (Å²) >= 11 is 0. The highest BCUT2D eigenvalue weighted by Gasteiger charge is 2.27. The van der Waals surface area contributed by atoms with Gasteiger partial charge in [-0.05, 0) is 96.8 Å². The Morgan fingerprint density at radius 2 is 1.63 bits per heavy atom. The molecule has 0 heterocycles. The van der Waals surface area contributed by atoms with E-state index < -0.39 is 5.97 Å². The topological polar surface area (TPSA) is 37.3 Å². The molecule has 2 nitrogen and oxygen atoms in total. The Bertz CT molecular complexity index is 1770. The first kappa shape index (κ1) is 24.4. The average Bonchev–Trinajstić information content (AvgIpc) is 2.90. The SMILES string of the molecule is Cc1ccccc1-c1ccc(-c2ccc3ccc4c5c(ccc2c35)=CC(C(C)(C)C)C4)cc1CCC(=O)O. The van der Waals surface area contributed by atoms with Crippen molar-refractivity contribution in [2.45, 2.75) is 47.0 Å². The predicted molar refractivity (Wildman–Crippen MR) is 159 cm³/mol. The van der Waals surface area contributed by atoms with Gasteiger partial charge in [0.1, 0.15) is 0 Å². The van der Waals surface area contributed by atoms with Crippen LogP contribution in [-0.2, 0) is 17.6 Å². The fraction of sp³-hybridized carbons (Fsp3) is 0.250. The van der Waals surface area contributed by atoms with Crippen LogP contribution in [0.3, 0.4) is 0 Å². The quantitative estimate of drug-likeness (QED) is 0.264. The molecule has 0 aliphatic heterocycles. The van der Waals surface area contributed by atoms with E-state index in [-0.39, 0.29) is 11.8 Å². The molecule has 5 aromatic rings. The molecule has 0 bridgehead atoms. The van der Waals surface area contributed by atoms with Crippen LogP contribution in [0.5, 0.6) is 0 Å². The highest BCUT2D eigenvalue weighted by molar-refractivity contribution is 6.16. The number of hydrogen-bond donors (Lipinski definition) is 1. The lowest BCUT2D eigenvalue weighted by atomic mass is 9.73. The summed E-state index contributed by atoms with van der Waals surface area (Å²) < 4.78 is 0. The van der Waals surface area contributed by atoms with E-state index in [1.54, 1.807) is 0 Å². The van der Waals surface area contributed by atoms with E-state index in [1.807, 2.05) is 12.1 Å². The molecule has 1 aliphatic carbocycles. The summed E-state index contributed by atoms with van der Waals surface area (Å²) in [4.78, 5) is 11.5. The van der Waals surface area contributed by atoms with E-state index in [0.717, 1.165) is 28.7 Å². The first-order valence-electron chi connectivity index (χ1n) is 13.6. The molecule has 6 rings (SSSR count). The van der Waals surface area contributed by atoms with Crippen molar-refractivity contribution in [2.24, 2.45) is 11.3 Å². The molecule has 190 valence electrons. The second kappa shape index (κ2) is 9.13. The van der Waals surface area contributed by atoms with Gasteiger partial charge in [0.25, 0.3) is 0 Å². The van der Waals surface area contributed by atoms with Crippen molar-refractivity contribution < 1.29 is 9.90 Å². The summed E-state index contributed by atoms with van der Waals surface area (Å²) in [5.41, 5.74) is 8.56. The minimum Gasteiger partial charge on any atom is -0.481 e. The summed E-state index contributed by atoms with van der Waals surface area (Å²) in [7, 11) is 0.